The van der Waals surface area contributed by atoms with Gasteiger partial charge in [-0.1, -0.05) is 24.3 Å². The smallest absolute Gasteiger partial charge is 0.270 e. The molecule has 51 heavy (non-hydrogen) atoms. The minimum absolute atomic E-state index is 0.136. The number of nitrogens with two attached hydrogens (primary N) is 2. The number of tetrazole rings is 1. The predicted molar refractivity (Wildman–Crippen MR) is 193 cm³/mol. The van der Waals surface area contributed by atoms with Gasteiger partial charge in [0.15, 0.2) is 0 Å². The summed E-state index contributed by atoms with van der Waals surface area (Å²) in [7, 11) is 0. The van der Waals surface area contributed by atoms with Crippen molar-refractivity contribution in [2.45, 2.75) is 88.9 Å². The topological polar surface area (TPSA) is 198 Å². The molecule has 0 radical (unpaired) electrons. The third kappa shape index (κ3) is 7.75. The molecule has 13 heteroatoms. The molecule has 13 nitrogen and oxygen atoms in total. The Morgan fingerprint density at radius 3 is 2.25 bits per heavy atom. The van der Waals surface area contributed by atoms with E-state index in [1.54, 1.807) is 30.5 Å². The van der Waals surface area contributed by atoms with Crippen molar-refractivity contribution in [1.29, 1.82) is 0 Å². The monoisotopic (exact) mass is 690 g/mol. The van der Waals surface area contributed by atoms with Crippen LogP contribution in [0.1, 0.15) is 73.0 Å². The Labute approximate surface area is 297 Å². The van der Waals surface area contributed by atoms with E-state index in [4.69, 9.17) is 11.5 Å². The van der Waals surface area contributed by atoms with Crippen LogP contribution < -0.4 is 27.0 Å². The van der Waals surface area contributed by atoms with Gasteiger partial charge in [-0.25, -0.2) is 4.90 Å². The lowest BCUT2D eigenvalue weighted by atomic mass is 9.81. The van der Waals surface area contributed by atoms with Crippen molar-refractivity contribution in [3.63, 3.8) is 0 Å². The van der Waals surface area contributed by atoms with E-state index < -0.39 is 11.9 Å². The van der Waals surface area contributed by atoms with Crippen molar-refractivity contribution in [3.05, 3.63) is 77.6 Å². The van der Waals surface area contributed by atoms with Gasteiger partial charge in [0.2, 0.25) is 11.7 Å². The fourth-order valence-corrected chi connectivity index (χ4v) is 7.98. The molecule has 0 spiro atoms. The maximum Gasteiger partial charge on any atom is 0.270 e. The van der Waals surface area contributed by atoms with Crippen molar-refractivity contribution >= 4 is 23.4 Å². The van der Waals surface area contributed by atoms with E-state index in [0.29, 0.717) is 60.2 Å². The van der Waals surface area contributed by atoms with Gasteiger partial charge in [0.05, 0.1) is 11.7 Å². The molecular formula is C38H46N10O3. The predicted octanol–water partition coefficient (Wildman–Crippen LogP) is 3.44. The zero-order valence-electron chi connectivity index (χ0n) is 28.9. The molecule has 2 aromatic carbocycles. The number of benzene rings is 2. The number of aryl methyl sites for hydroxylation is 1. The zero-order chi connectivity index (χ0) is 35.5. The number of aromatic nitrogens is 5. The van der Waals surface area contributed by atoms with Crippen molar-refractivity contribution in [2.75, 3.05) is 11.4 Å². The van der Waals surface area contributed by atoms with Crippen LogP contribution in [0.3, 0.4) is 0 Å². The summed E-state index contributed by atoms with van der Waals surface area (Å²) in [6.45, 7) is 2.58. The van der Waals surface area contributed by atoms with Gasteiger partial charge in [-0.2, -0.15) is 5.21 Å². The Bertz CT molecular complexity index is 1830. The van der Waals surface area contributed by atoms with Crippen LogP contribution in [0.25, 0.3) is 22.5 Å². The second kappa shape index (κ2) is 15.2. The van der Waals surface area contributed by atoms with Crippen molar-refractivity contribution in [3.8, 4) is 22.5 Å². The van der Waals surface area contributed by atoms with Gasteiger partial charge in [0.25, 0.3) is 11.8 Å². The number of carbonyl (C=O) groups excluding carboxylic acids is 3. The number of nitrogens with zero attached hydrogens (tertiary/aromatic N) is 5. The third-order valence-electron chi connectivity index (χ3n) is 10.9. The van der Waals surface area contributed by atoms with E-state index in [-0.39, 0.29) is 30.2 Å². The van der Waals surface area contributed by atoms with E-state index in [0.717, 1.165) is 47.9 Å². The summed E-state index contributed by atoms with van der Waals surface area (Å²) >= 11 is 0. The van der Waals surface area contributed by atoms with E-state index in [1.165, 1.54) is 17.7 Å². The van der Waals surface area contributed by atoms with Crippen LogP contribution in [0.5, 0.6) is 0 Å². The molecule has 2 saturated heterocycles. The molecule has 7 rings (SSSR count). The lowest BCUT2D eigenvalue weighted by molar-refractivity contribution is -0.130. The Morgan fingerprint density at radius 1 is 0.941 bits per heavy atom. The number of rotatable bonds is 10. The molecule has 3 amide bonds. The highest BCUT2D eigenvalue weighted by Gasteiger charge is 2.36. The number of carbonyl (C=O) groups is 3. The summed E-state index contributed by atoms with van der Waals surface area (Å²) in [4.78, 5) is 46.8. The summed E-state index contributed by atoms with van der Waals surface area (Å²) < 4.78 is 0. The maximum absolute atomic E-state index is 14.0. The molecule has 1 saturated carbocycles. The third-order valence-corrected chi connectivity index (χ3v) is 10.9. The molecule has 1 aliphatic carbocycles. The number of piperidine rings is 1. The average Bonchev–Trinajstić information content (AvgIpc) is 3.82. The van der Waals surface area contributed by atoms with Crippen molar-refractivity contribution in [1.82, 2.24) is 36.2 Å². The number of anilines is 1. The molecule has 3 aliphatic rings. The second-order valence-corrected chi connectivity index (χ2v) is 14.4. The number of hydrogen-bond acceptors (Lipinski definition) is 10. The molecular weight excluding hydrogens is 644 g/mol. The first-order valence-electron chi connectivity index (χ1n) is 18.1. The summed E-state index contributed by atoms with van der Waals surface area (Å²) in [6, 6.07) is 16.8. The Kier molecular flexibility index (Phi) is 10.3. The molecule has 4 atom stereocenters. The van der Waals surface area contributed by atoms with Crippen LogP contribution in [0.4, 0.5) is 5.69 Å². The van der Waals surface area contributed by atoms with E-state index in [2.05, 4.69) is 36.2 Å². The summed E-state index contributed by atoms with van der Waals surface area (Å²) in [5.74, 6) is -0.302. The molecule has 7 N–H and O–H groups in total. The highest BCUT2D eigenvalue weighted by Crippen LogP contribution is 2.32. The molecule has 2 bridgehead atoms. The number of aromatic amines is 1. The van der Waals surface area contributed by atoms with Gasteiger partial charge in [0.1, 0.15) is 5.69 Å². The van der Waals surface area contributed by atoms with E-state index in [9.17, 15) is 14.4 Å². The first-order chi connectivity index (χ1) is 24.7. The largest absolute Gasteiger partial charge is 0.348 e. The van der Waals surface area contributed by atoms with E-state index >= 15 is 0 Å². The summed E-state index contributed by atoms with van der Waals surface area (Å²) in [5.41, 5.74) is 17.7. The van der Waals surface area contributed by atoms with Crippen LogP contribution in [0.15, 0.2) is 60.8 Å². The first-order valence-corrected chi connectivity index (χ1v) is 18.1. The van der Waals surface area contributed by atoms with E-state index in [1.807, 2.05) is 37.3 Å². The fraction of sp³-hybridized carbons (Fsp3) is 0.447. The number of pyridine rings is 1. The van der Waals surface area contributed by atoms with Crippen LogP contribution in [0.2, 0.25) is 0 Å². The Hall–Kier alpha value is -4.85. The molecule has 3 fully saturated rings. The van der Waals surface area contributed by atoms with Crippen LogP contribution in [-0.2, 0) is 16.0 Å². The van der Waals surface area contributed by atoms with Gasteiger partial charge in [-0.15, -0.1) is 10.2 Å². The van der Waals surface area contributed by atoms with Gasteiger partial charge < -0.3 is 22.1 Å². The molecule has 2 aliphatic heterocycles. The Balaban J connectivity index is 1.02. The number of H-pyrrole nitrogens is 1. The first kappa shape index (κ1) is 34.6. The molecule has 266 valence electrons. The minimum Gasteiger partial charge on any atom is -0.348 e. The quantitative estimate of drug-likeness (QED) is 0.164. The average molecular weight is 691 g/mol. The highest BCUT2D eigenvalue weighted by atomic mass is 16.2. The van der Waals surface area contributed by atoms with Gasteiger partial charge >= 0.3 is 0 Å². The molecule has 4 heterocycles. The van der Waals surface area contributed by atoms with Gasteiger partial charge in [0, 0.05) is 41.4 Å². The maximum atomic E-state index is 14.0. The lowest BCUT2D eigenvalue weighted by Gasteiger charge is -2.32. The van der Waals surface area contributed by atoms with Crippen LogP contribution in [0, 0.1) is 18.8 Å². The number of nitrogens with one attached hydrogen (secondary N) is 3. The van der Waals surface area contributed by atoms with Gasteiger partial charge in [-0.3, -0.25) is 19.4 Å². The van der Waals surface area contributed by atoms with Crippen LogP contribution in [-0.4, -0.2) is 74.0 Å². The zero-order valence-corrected chi connectivity index (χ0v) is 28.9. The molecule has 1 unspecified atom stereocenters. The van der Waals surface area contributed by atoms with Crippen LogP contribution >= 0.6 is 0 Å². The van der Waals surface area contributed by atoms with Crippen molar-refractivity contribution < 1.29 is 14.4 Å². The highest BCUT2D eigenvalue weighted by molar-refractivity contribution is 6.17. The number of imide groups is 1. The number of hydrogen-bond donors (Lipinski definition) is 5. The van der Waals surface area contributed by atoms with Crippen molar-refractivity contribution in [2.24, 2.45) is 23.3 Å². The normalized spacial score (nSPS) is 23.4. The Morgan fingerprint density at radius 2 is 1.63 bits per heavy atom. The van der Waals surface area contributed by atoms with Gasteiger partial charge in [-0.05, 0) is 129 Å². The standard InChI is InChI=1S/C38H46N10O3/c1-22-16-34(36(49)43-30-18-28-12-13-29(19-30)42-28)41-21-32(22)25-6-2-23(3-7-25)17-33(40)38(51)48(37(50)27-8-4-24(20-39)5-9-27)31-14-10-26(11-15-31)35-44-46-47-45-35/h2-3,6-7,10-11,14-16,21,24,27-30,33,42H,4-5,8-9,12-13,17-20,39-40H2,1H3,(H,43,49)(H,44,45,46,47)/t24?,27?,28-,29+,30?,33-/m0/s1. The lowest BCUT2D eigenvalue weighted by Crippen LogP contribution is -2.50. The molecule has 4 aromatic rings. The molecule has 2 aromatic heterocycles. The summed E-state index contributed by atoms with van der Waals surface area (Å²) in [6.07, 6.45) is 9.34. The second-order valence-electron chi connectivity index (χ2n) is 14.4. The minimum atomic E-state index is -0.951. The number of fused-ring (bicyclic) bond motifs is 2. The fourth-order valence-electron chi connectivity index (χ4n) is 7.98. The summed E-state index contributed by atoms with van der Waals surface area (Å²) in [5, 5.41) is 20.9. The number of amides is 3. The SMILES string of the molecule is Cc1cc(C(=O)NC2C[C@H]3CC[C@@H](C2)N3)ncc1-c1ccc(C[C@H](N)C(=O)N(C(=O)C2CCC(CN)CC2)c2ccc(-c3nn[nH]n3)cc2)cc1.